The zero-order valence-electron chi connectivity index (χ0n) is 8.66. The number of aromatic amines is 1. The molecule has 0 aliphatic heterocycles. The van der Waals surface area contributed by atoms with Crippen molar-refractivity contribution in [1.82, 2.24) is 15.2 Å². The number of hydrogen-bond acceptors (Lipinski definition) is 5. The van der Waals surface area contributed by atoms with Crippen molar-refractivity contribution >= 4 is 49.2 Å². The lowest BCUT2D eigenvalue weighted by Crippen LogP contribution is -2.06. The molecule has 0 fully saturated rings. The highest BCUT2D eigenvalue weighted by atomic mass is 79.9. The first-order valence-electron chi connectivity index (χ1n) is 4.66. The Bertz CT molecular complexity index is 533. The van der Waals surface area contributed by atoms with Crippen LogP contribution in [-0.2, 0) is 4.74 Å². The molecule has 17 heavy (non-hydrogen) atoms. The van der Waals surface area contributed by atoms with Gasteiger partial charge in [-0.15, -0.1) is 16.4 Å². The Morgan fingerprint density at radius 3 is 2.94 bits per heavy atom. The van der Waals surface area contributed by atoms with E-state index in [0.29, 0.717) is 12.4 Å². The van der Waals surface area contributed by atoms with Crippen LogP contribution in [0.5, 0.6) is 0 Å². The van der Waals surface area contributed by atoms with Crippen LogP contribution < -0.4 is 0 Å². The van der Waals surface area contributed by atoms with E-state index >= 15 is 0 Å². The van der Waals surface area contributed by atoms with E-state index in [1.165, 1.54) is 11.3 Å². The molecule has 2 rings (SSSR count). The van der Waals surface area contributed by atoms with Gasteiger partial charge >= 0.3 is 5.97 Å². The maximum atomic E-state index is 11.4. The molecule has 8 heteroatoms. The maximum Gasteiger partial charge on any atom is 0.378 e. The number of hydrogen-bond donors (Lipinski definition) is 1. The number of halogens is 2. The number of H-pyrrole nitrogens is 1. The van der Waals surface area contributed by atoms with Crippen molar-refractivity contribution in [3.05, 3.63) is 20.1 Å². The number of carbonyl (C=O) groups excluding carboxylic acids is 1. The Hall–Kier alpha value is -0.730. The zero-order chi connectivity index (χ0) is 12.4. The van der Waals surface area contributed by atoms with E-state index < -0.39 is 5.97 Å². The number of rotatable bonds is 3. The van der Waals surface area contributed by atoms with E-state index in [9.17, 15) is 4.79 Å². The molecule has 0 aromatic carbocycles. The Kier molecular flexibility index (Phi) is 3.95. The van der Waals surface area contributed by atoms with Gasteiger partial charge in [0.05, 0.1) is 15.3 Å². The highest BCUT2D eigenvalue weighted by molar-refractivity contribution is 9.13. The molecular formula is C9H7Br2N3O2S. The van der Waals surface area contributed by atoms with Gasteiger partial charge in [-0.2, -0.15) is 0 Å². The average molecular weight is 381 g/mol. The summed E-state index contributed by atoms with van der Waals surface area (Å²) in [6.45, 7) is 2.04. The van der Waals surface area contributed by atoms with Crippen molar-refractivity contribution in [2.45, 2.75) is 6.92 Å². The first kappa shape index (κ1) is 12.7. The Balaban J connectivity index is 2.26. The van der Waals surface area contributed by atoms with Gasteiger partial charge in [0.1, 0.15) is 0 Å². The second kappa shape index (κ2) is 5.28. The molecule has 1 N–H and O–H groups in total. The highest BCUT2D eigenvalue weighted by Gasteiger charge is 2.16. The Morgan fingerprint density at radius 2 is 2.35 bits per heavy atom. The molecule has 0 amide bonds. The quantitative estimate of drug-likeness (QED) is 0.830. The van der Waals surface area contributed by atoms with E-state index in [0.717, 1.165) is 13.1 Å². The minimum Gasteiger partial charge on any atom is -0.460 e. The summed E-state index contributed by atoms with van der Waals surface area (Å²) in [5.74, 6) is 0.0663. The van der Waals surface area contributed by atoms with E-state index in [4.69, 9.17) is 4.74 Å². The SMILES string of the molecule is CCOC(=O)c1n[nH]c(-c2cc(Br)c(Br)s2)n1. The van der Waals surface area contributed by atoms with Gasteiger partial charge < -0.3 is 4.74 Å². The molecule has 0 atom stereocenters. The third kappa shape index (κ3) is 2.75. The lowest BCUT2D eigenvalue weighted by atomic mass is 10.4. The van der Waals surface area contributed by atoms with Gasteiger partial charge in [-0.1, -0.05) is 0 Å². The summed E-state index contributed by atoms with van der Waals surface area (Å²) in [6.07, 6.45) is 0. The van der Waals surface area contributed by atoms with Gasteiger partial charge in [0.25, 0.3) is 5.82 Å². The number of esters is 1. The second-order valence-electron chi connectivity index (χ2n) is 2.96. The summed E-state index contributed by atoms with van der Waals surface area (Å²) in [4.78, 5) is 16.3. The van der Waals surface area contributed by atoms with Crippen LogP contribution >= 0.6 is 43.2 Å². The van der Waals surface area contributed by atoms with Gasteiger partial charge in [-0.25, -0.2) is 9.78 Å². The molecule has 90 valence electrons. The zero-order valence-corrected chi connectivity index (χ0v) is 12.6. The van der Waals surface area contributed by atoms with Crippen LogP contribution in [-0.4, -0.2) is 27.8 Å². The van der Waals surface area contributed by atoms with Crippen molar-refractivity contribution in [1.29, 1.82) is 0 Å². The first-order chi connectivity index (χ1) is 8.11. The maximum absolute atomic E-state index is 11.4. The van der Waals surface area contributed by atoms with Crippen LogP contribution in [0, 0.1) is 0 Å². The minimum atomic E-state index is -0.523. The number of nitrogens with zero attached hydrogens (tertiary/aromatic N) is 2. The molecule has 0 spiro atoms. The fourth-order valence-electron chi connectivity index (χ4n) is 1.12. The van der Waals surface area contributed by atoms with E-state index in [1.54, 1.807) is 6.92 Å². The van der Waals surface area contributed by atoms with Crippen LogP contribution in [0.3, 0.4) is 0 Å². The molecule has 0 saturated carbocycles. The summed E-state index contributed by atoms with van der Waals surface area (Å²) < 4.78 is 6.70. The molecule has 0 bridgehead atoms. The first-order valence-corrected chi connectivity index (χ1v) is 7.06. The standard InChI is InChI=1S/C9H7Br2N3O2S/c1-2-16-9(15)8-12-7(13-14-8)5-3-4(10)6(11)17-5/h3H,2H2,1H3,(H,12,13,14). The van der Waals surface area contributed by atoms with Crippen molar-refractivity contribution in [3.8, 4) is 10.7 Å². The van der Waals surface area contributed by atoms with Gasteiger partial charge in [0.2, 0.25) is 0 Å². The van der Waals surface area contributed by atoms with Crippen molar-refractivity contribution in [2.75, 3.05) is 6.61 Å². The summed E-state index contributed by atoms with van der Waals surface area (Å²) in [6, 6.07) is 1.89. The van der Waals surface area contributed by atoms with Gasteiger partial charge in [0, 0.05) is 4.47 Å². The number of thiophene rings is 1. The second-order valence-corrected chi connectivity index (χ2v) is 6.18. The van der Waals surface area contributed by atoms with Crippen LogP contribution in [0.4, 0.5) is 0 Å². The lowest BCUT2D eigenvalue weighted by molar-refractivity contribution is 0.0512. The van der Waals surface area contributed by atoms with E-state index in [2.05, 4.69) is 47.0 Å². The van der Waals surface area contributed by atoms with Crippen molar-refractivity contribution in [3.63, 3.8) is 0 Å². The van der Waals surface area contributed by atoms with E-state index in [1.807, 2.05) is 6.07 Å². The Morgan fingerprint density at radius 1 is 1.59 bits per heavy atom. The molecule has 0 radical (unpaired) electrons. The van der Waals surface area contributed by atoms with E-state index in [-0.39, 0.29) is 5.82 Å². The molecule has 5 nitrogen and oxygen atoms in total. The molecular weight excluding hydrogens is 374 g/mol. The monoisotopic (exact) mass is 379 g/mol. The topological polar surface area (TPSA) is 67.9 Å². The molecule has 0 saturated heterocycles. The molecule has 2 aromatic rings. The number of nitrogens with one attached hydrogen (secondary N) is 1. The predicted molar refractivity (Wildman–Crippen MR) is 71.1 cm³/mol. The molecule has 0 unspecified atom stereocenters. The normalized spacial score (nSPS) is 10.5. The molecule has 0 aliphatic carbocycles. The third-order valence-corrected chi connectivity index (χ3v) is 5.08. The molecule has 2 aromatic heterocycles. The number of carbonyl (C=O) groups is 1. The Labute approximate surface area is 118 Å². The predicted octanol–water partition coefficient (Wildman–Crippen LogP) is 3.23. The summed E-state index contributed by atoms with van der Waals surface area (Å²) in [7, 11) is 0. The van der Waals surface area contributed by atoms with Gasteiger partial charge in [0.15, 0.2) is 5.82 Å². The summed E-state index contributed by atoms with van der Waals surface area (Å²) >= 11 is 8.27. The van der Waals surface area contributed by atoms with Gasteiger partial charge in [-0.05, 0) is 44.8 Å². The van der Waals surface area contributed by atoms with Crippen LogP contribution in [0.2, 0.25) is 0 Å². The number of ether oxygens (including phenoxy) is 1. The average Bonchev–Trinajstić information content (AvgIpc) is 2.87. The largest absolute Gasteiger partial charge is 0.460 e. The number of aromatic nitrogens is 3. The smallest absolute Gasteiger partial charge is 0.378 e. The summed E-state index contributed by atoms with van der Waals surface area (Å²) in [5.41, 5.74) is 0. The van der Waals surface area contributed by atoms with Gasteiger partial charge in [-0.3, -0.25) is 5.10 Å². The van der Waals surface area contributed by atoms with Crippen LogP contribution in [0.15, 0.2) is 14.3 Å². The summed E-state index contributed by atoms with van der Waals surface area (Å²) in [5, 5.41) is 6.52. The van der Waals surface area contributed by atoms with Crippen molar-refractivity contribution in [2.24, 2.45) is 0 Å². The van der Waals surface area contributed by atoms with Crippen LogP contribution in [0.25, 0.3) is 10.7 Å². The highest BCUT2D eigenvalue weighted by Crippen LogP contribution is 2.36. The lowest BCUT2D eigenvalue weighted by Gasteiger charge is -1.94. The molecule has 0 aliphatic rings. The fraction of sp³-hybridized carbons (Fsp3) is 0.222. The minimum absolute atomic E-state index is 0.0440. The van der Waals surface area contributed by atoms with Crippen LogP contribution in [0.1, 0.15) is 17.5 Å². The fourth-order valence-corrected chi connectivity index (χ4v) is 3.10. The third-order valence-electron chi connectivity index (χ3n) is 1.82. The molecule has 2 heterocycles. The van der Waals surface area contributed by atoms with Crippen molar-refractivity contribution < 1.29 is 9.53 Å².